The van der Waals surface area contributed by atoms with E-state index in [0.29, 0.717) is 17.0 Å². The Morgan fingerprint density at radius 1 is 1.34 bits per heavy atom. The molecule has 1 saturated heterocycles. The molecule has 2 aromatic rings. The number of fused-ring (bicyclic) bond motifs is 1. The molecule has 0 saturated carbocycles. The van der Waals surface area contributed by atoms with Crippen LogP contribution in [0.4, 0.5) is 10.8 Å². The topological polar surface area (TPSA) is 185 Å². The number of aliphatic carboxylic acids is 1. The van der Waals surface area contributed by atoms with Gasteiger partial charge in [0.1, 0.15) is 29.9 Å². The second-order valence-electron chi connectivity index (χ2n) is 8.89. The quantitative estimate of drug-likeness (QED) is 0.198. The van der Waals surface area contributed by atoms with E-state index >= 15 is 0 Å². The van der Waals surface area contributed by atoms with Gasteiger partial charge in [0.15, 0.2) is 16.0 Å². The van der Waals surface area contributed by atoms with Gasteiger partial charge in [-0.1, -0.05) is 29.1 Å². The summed E-state index contributed by atoms with van der Waals surface area (Å²) in [4.78, 5) is 73.4. The minimum atomic E-state index is -1.26. The lowest BCUT2D eigenvalue weighted by molar-refractivity contribution is -0.150. The Morgan fingerprint density at radius 3 is 2.73 bits per heavy atom. The van der Waals surface area contributed by atoms with E-state index in [0.717, 1.165) is 28.7 Å². The van der Waals surface area contributed by atoms with Crippen molar-refractivity contribution in [3.05, 3.63) is 52.2 Å². The molecule has 4 rings (SSSR count). The van der Waals surface area contributed by atoms with Crippen molar-refractivity contribution in [1.82, 2.24) is 15.2 Å². The predicted molar refractivity (Wildman–Crippen MR) is 156 cm³/mol. The van der Waals surface area contributed by atoms with Crippen LogP contribution in [0.3, 0.4) is 0 Å². The maximum atomic E-state index is 13.1. The molecule has 13 nitrogen and oxygen atoms in total. The number of nitrogens with zero attached hydrogens (tertiary/aromatic N) is 4. The van der Waals surface area contributed by atoms with Crippen LogP contribution in [0.25, 0.3) is 0 Å². The molecule has 0 spiro atoms. The number of oxime groups is 1. The van der Waals surface area contributed by atoms with Crippen LogP contribution in [-0.2, 0) is 35.2 Å². The number of aromatic nitrogens is 1. The van der Waals surface area contributed by atoms with Crippen LogP contribution >= 0.6 is 34.9 Å². The van der Waals surface area contributed by atoms with Gasteiger partial charge in [0.05, 0.1) is 5.75 Å². The normalized spacial score (nSPS) is 18.4. The van der Waals surface area contributed by atoms with Gasteiger partial charge in [0.2, 0.25) is 5.91 Å². The summed E-state index contributed by atoms with van der Waals surface area (Å²) in [7, 11) is 2.87. The molecule has 2 atom stereocenters. The molecule has 41 heavy (non-hydrogen) atoms. The molecule has 1 fully saturated rings. The van der Waals surface area contributed by atoms with E-state index in [1.54, 1.807) is 31.3 Å². The predicted octanol–water partition coefficient (Wildman–Crippen LogP) is 1.30. The zero-order valence-corrected chi connectivity index (χ0v) is 24.6. The summed E-state index contributed by atoms with van der Waals surface area (Å²) in [6.07, 6.45) is 0.232. The number of hydrogen-bond donors (Lipinski definition) is 3. The van der Waals surface area contributed by atoms with Crippen molar-refractivity contribution in [2.75, 3.05) is 36.3 Å². The van der Waals surface area contributed by atoms with Gasteiger partial charge >= 0.3 is 5.97 Å². The minimum Gasteiger partial charge on any atom is -0.477 e. The number of β-lactam (4-membered cyclic amide) rings is 1. The van der Waals surface area contributed by atoms with Gasteiger partial charge in [-0.3, -0.25) is 24.1 Å². The molecule has 2 unspecified atom stereocenters. The summed E-state index contributed by atoms with van der Waals surface area (Å²) in [6, 6.07) is 6.09. The zero-order chi connectivity index (χ0) is 29.8. The number of nitrogen functional groups attached to an aromatic ring is 1. The van der Waals surface area contributed by atoms with Crippen molar-refractivity contribution in [1.29, 1.82) is 0 Å². The number of amides is 3. The largest absolute Gasteiger partial charge is 0.477 e. The Labute approximate surface area is 247 Å². The van der Waals surface area contributed by atoms with Crippen molar-refractivity contribution in [2.45, 2.75) is 24.8 Å². The summed E-state index contributed by atoms with van der Waals surface area (Å²) in [6.45, 7) is 1.39. The van der Waals surface area contributed by atoms with Crippen LogP contribution in [0.1, 0.15) is 18.2 Å². The Balaban J connectivity index is 1.50. The van der Waals surface area contributed by atoms with Crippen molar-refractivity contribution < 1.29 is 33.9 Å². The maximum Gasteiger partial charge on any atom is 0.352 e. The second kappa shape index (κ2) is 12.7. The van der Waals surface area contributed by atoms with E-state index in [9.17, 15) is 29.1 Å². The molecular formula is C25H26N6O7S3. The van der Waals surface area contributed by atoms with Gasteiger partial charge in [-0.15, -0.1) is 23.1 Å². The number of carboxylic acids is 1. The molecule has 4 N–H and O–H groups in total. The highest BCUT2D eigenvalue weighted by atomic mass is 32.2. The fourth-order valence-corrected chi connectivity index (χ4v) is 6.66. The molecule has 216 valence electrons. The van der Waals surface area contributed by atoms with Crippen LogP contribution in [0.2, 0.25) is 0 Å². The number of anilines is 2. The number of thioether (sulfide) groups is 2. The van der Waals surface area contributed by atoms with Crippen molar-refractivity contribution in [3.8, 4) is 0 Å². The highest BCUT2D eigenvalue weighted by Crippen LogP contribution is 2.41. The number of thiazole rings is 1. The van der Waals surface area contributed by atoms with Gasteiger partial charge in [0, 0.05) is 30.8 Å². The fourth-order valence-electron chi connectivity index (χ4n) is 4.25. The number of rotatable bonds is 10. The van der Waals surface area contributed by atoms with Crippen LogP contribution < -0.4 is 16.0 Å². The highest BCUT2D eigenvalue weighted by molar-refractivity contribution is 8.14. The van der Waals surface area contributed by atoms with Crippen LogP contribution in [0.5, 0.6) is 0 Å². The fraction of sp³-hybridized carbons (Fsp3) is 0.320. The number of carbonyl (C=O) groups excluding carboxylic acids is 4. The van der Waals surface area contributed by atoms with Crippen LogP contribution in [0.15, 0.2) is 46.1 Å². The second-order valence-corrected chi connectivity index (χ2v) is 12.0. The summed E-state index contributed by atoms with van der Waals surface area (Å²) < 4.78 is 0. The summed E-state index contributed by atoms with van der Waals surface area (Å²) in [5.41, 5.74) is 7.41. The van der Waals surface area contributed by atoms with Gasteiger partial charge < -0.3 is 25.9 Å². The Kier molecular flexibility index (Phi) is 9.35. The molecular weight excluding hydrogens is 593 g/mol. The highest BCUT2D eigenvalue weighted by Gasteiger charge is 2.54. The molecule has 2 aliphatic heterocycles. The van der Waals surface area contributed by atoms with Gasteiger partial charge in [-0.25, -0.2) is 9.78 Å². The lowest BCUT2D eigenvalue weighted by Crippen LogP contribution is -2.71. The maximum absolute atomic E-state index is 13.1. The van der Waals surface area contributed by atoms with E-state index in [-0.39, 0.29) is 45.4 Å². The molecule has 3 heterocycles. The average Bonchev–Trinajstić information content (AvgIpc) is 3.37. The van der Waals surface area contributed by atoms with Gasteiger partial charge in [-0.2, -0.15) is 0 Å². The van der Waals surface area contributed by atoms with Gasteiger partial charge in [-0.05, 0) is 29.7 Å². The Morgan fingerprint density at radius 2 is 2.10 bits per heavy atom. The Bertz CT molecular complexity index is 1470. The third-order valence-electron chi connectivity index (χ3n) is 6.19. The molecule has 1 aromatic heterocycles. The molecule has 0 radical (unpaired) electrons. The first-order chi connectivity index (χ1) is 19.5. The first-order valence-corrected chi connectivity index (χ1v) is 15.0. The third-order valence-corrected chi connectivity index (χ3v) is 9.00. The summed E-state index contributed by atoms with van der Waals surface area (Å²) >= 11 is 3.37. The monoisotopic (exact) mass is 618 g/mol. The molecule has 0 aliphatic carbocycles. The van der Waals surface area contributed by atoms with Crippen molar-refractivity contribution in [2.24, 2.45) is 5.16 Å². The summed E-state index contributed by atoms with van der Waals surface area (Å²) in [5, 5.41) is 17.3. The molecule has 1 aromatic carbocycles. The van der Waals surface area contributed by atoms with Crippen LogP contribution in [-0.4, -0.2) is 86.6 Å². The van der Waals surface area contributed by atoms with Crippen molar-refractivity contribution in [3.63, 3.8) is 0 Å². The zero-order valence-electron chi connectivity index (χ0n) is 22.2. The smallest absolute Gasteiger partial charge is 0.352 e. The van der Waals surface area contributed by atoms with E-state index < -0.39 is 29.2 Å². The minimum absolute atomic E-state index is 0.00777. The van der Waals surface area contributed by atoms with Gasteiger partial charge in [0.25, 0.3) is 11.8 Å². The Hall–Kier alpha value is -3.89. The molecule has 16 heteroatoms. The lowest BCUT2D eigenvalue weighted by atomic mass is 9.98. The molecule has 2 aliphatic rings. The average molecular weight is 619 g/mol. The van der Waals surface area contributed by atoms with E-state index in [2.05, 4.69) is 15.5 Å². The van der Waals surface area contributed by atoms with Crippen LogP contribution in [0, 0.1) is 0 Å². The molecule has 0 bridgehead atoms. The van der Waals surface area contributed by atoms with E-state index in [4.69, 9.17) is 10.6 Å². The first kappa shape index (κ1) is 30.1. The number of carbonyl (C=O) groups is 5. The summed E-state index contributed by atoms with van der Waals surface area (Å²) in [5.74, 6) is -2.47. The van der Waals surface area contributed by atoms with Crippen molar-refractivity contribution >= 4 is 80.2 Å². The number of carboxylic acid groups (broad SMARTS) is 1. The number of hydrogen-bond acceptors (Lipinski definition) is 12. The number of nitrogens with two attached hydrogens (primary N) is 1. The third kappa shape index (κ3) is 6.55. The molecule has 3 amide bonds. The SMILES string of the molecule is CON=C(C(=O)NC1C(=O)N2C(C(=O)O)=C(Cc3cccc(N(C)C(=O)CSC(C)=O)c3)CSC12)c1csc(N)n1. The number of benzene rings is 1. The van der Waals surface area contributed by atoms with E-state index in [1.807, 2.05) is 0 Å². The standard InChI is InChI=1S/C25H26N6O7S3/c1-12(32)39-11-17(33)30(2)15-6-4-5-13(8-15)7-14-9-40-23-19(22(35)31(23)20(14)24(36)37)28-21(34)18(29-38-3)16-10-41-25(26)27-16/h4-6,8,10,19,23H,7,9,11H2,1-3H3,(H2,26,27)(H,28,34)(H,36,37). The number of nitrogens with one attached hydrogen (secondary N) is 1. The lowest BCUT2D eigenvalue weighted by Gasteiger charge is -2.49. The first-order valence-electron chi connectivity index (χ1n) is 12.0. The van der Waals surface area contributed by atoms with E-state index in [1.165, 1.54) is 41.0 Å².